The number of aromatic nitrogens is 2. The van der Waals surface area contributed by atoms with E-state index in [0.717, 1.165) is 36.6 Å². The molecule has 1 aliphatic rings. The van der Waals surface area contributed by atoms with Crippen molar-refractivity contribution < 1.29 is 18.4 Å². The minimum atomic E-state index is -0.559. The third-order valence-corrected chi connectivity index (χ3v) is 7.79. The first-order chi connectivity index (χ1) is 16.5. The van der Waals surface area contributed by atoms with Crippen LogP contribution in [0.2, 0.25) is 0 Å². The van der Waals surface area contributed by atoms with Crippen molar-refractivity contribution in [3.8, 4) is 0 Å². The van der Waals surface area contributed by atoms with E-state index in [1.807, 2.05) is 0 Å². The minimum absolute atomic E-state index is 0.0450. The molecule has 1 atom stereocenters. The van der Waals surface area contributed by atoms with Gasteiger partial charge in [0.15, 0.2) is 10.9 Å². The molecule has 5 rings (SSSR count). The van der Waals surface area contributed by atoms with Crippen molar-refractivity contribution in [3.63, 3.8) is 0 Å². The largest absolute Gasteiger partial charge is 0.467 e. The zero-order valence-electron chi connectivity index (χ0n) is 18.3. The standard InChI is InChI=1S/C23H22N4O5S2/c1-13-6-7-15-17(10-13)34-21-19(15)22(30)27(11-14-4-2-8-31-14)23(24-21)33-12-18(28)25-26-20(29)16-5-3-9-32-16/h2-5,8-9,13H,6-7,10-12H2,1H3,(H,25,28)(H,26,29). The Morgan fingerprint density at radius 2 is 2.06 bits per heavy atom. The lowest BCUT2D eigenvalue weighted by molar-refractivity contribution is -0.119. The number of amides is 2. The number of carbonyl (C=O) groups excluding carboxylic acids is 2. The van der Waals surface area contributed by atoms with Crippen molar-refractivity contribution in [1.29, 1.82) is 0 Å². The highest BCUT2D eigenvalue weighted by molar-refractivity contribution is 7.99. The first-order valence-corrected chi connectivity index (χ1v) is 12.6. The highest BCUT2D eigenvalue weighted by Gasteiger charge is 2.25. The van der Waals surface area contributed by atoms with Crippen LogP contribution in [-0.4, -0.2) is 27.1 Å². The fourth-order valence-electron chi connectivity index (χ4n) is 3.97. The van der Waals surface area contributed by atoms with Gasteiger partial charge in [0.25, 0.3) is 5.56 Å². The molecule has 0 fully saturated rings. The van der Waals surface area contributed by atoms with Crippen molar-refractivity contribution in [2.75, 3.05) is 5.75 Å². The summed E-state index contributed by atoms with van der Waals surface area (Å²) in [6, 6.07) is 6.63. The van der Waals surface area contributed by atoms with E-state index in [1.165, 1.54) is 17.2 Å². The van der Waals surface area contributed by atoms with Crippen LogP contribution in [0.15, 0.2) is 55.6 Å². The lowest BCUT2D eigenvalue weighted by Crippen LogP contribution is -2.42. The minimum Gasteiger partial charge on any atom is -0.467 e. The number of carbonyl (C=O) groups is 2. The Morgan fingerprint density at radius 1 is 1.24 bits per heavy atom. The monoisotopic (exact) mass is 498 g/mol. The van der Waals surface area contributed by atoms with E-state index >= 15 is 0 Å². The summed E-state index contributed by atoms with van der Waals surface area (Å²) in [5, 5.41) is 1.10. The van der Waals surface area contributed by atoms with Gasteiger partial charge in [0.05, 0.1) is 30.2 Å². The summed E-state index contributed by atoms with van der Waals surface area (Å²) in [6.45, 7) is 2.44. The molecule has 34 heavy (non-hydrogen) atoms. The van der Waals surface area contributed by atoms with E-state index in [9.17, 15) is 14.4 Å². The van der Waals surface area contributed by atoms with E-state index in [4.69, 9.17) is 13.8 Å². The summed E-state index contributed by atoms with van der Waals surface area (Å²) >= 11 is 2.70. The molecule has 9 nitrogen and oxygen atoms in total. The maximum atomic E-state index is 13.6. The Hall–Kier alpha value is -3.31. The van der Waals surface area contributed by atoms with E-state index in [1.54, 1.807) is 40.4 Å². The Bertz CT molecular complexity index is 1390. The topological polar surface area (TPSA) is 119 Å². The second kappa shape index (κ2) is 9.51. The molecule has 11 heteroatoms. The van der Waals surface area contributed by atoms with Gasteiger partial charge in [-0.2, -0.15) is 0 Å². The van der Waals surface area contributed by atoms with Gasteiger partial charge in [-0.3, -0.25) is 29.8 Å². The summed E-state index contributed by atoms with van der Waals surface area (Å²) < 4.78 is 12.0. The summed E-state index contributed by atoms with van der Waals surface area (Å²) in [6.07, 6.45) is 5.81. The number of thiophene rings is 1. The van der Waals surface area contributed by atoms with Gasteiger partial charge in [-0.25, -0.2) is 4.98 Å². The molecule has 0 saturated carbocycles. The number of hydrogen-bond donors (Lipinski definition) is 2. The lowest BCUT2D eigenvalue weighted by atomic mass is 9.89. The van der Waals surface area contributed by atoms with Gasteiger partial charge in [0, 0.05) is 4.88 Å². The molecule has 0 aromatic carbocycles. The van der Waals surface area contributed by atoms with Crippen molar-refractivity contribution in [3.05, 3.63) is 69.1 Å². The van der Waals surface area contributed by atoms with Gasteiger partial charge >= 0.3 is 5.91 Å². The summed E-state index contributed by atoms with van der Waals surface area (Å²) in [5.74, 6) is 0.247. The van der Waals surface area contributed by atoms with Crippen LogP contribution in [0.4, 0.5) is 0 Å². The van der Waals surface area contributed by atoms with Crippen LogP contribution in [-0.2, 0) is 24.2 Å². The fraction of sp³-hybridized carbons (Fsp3) is 0.304. The van der Waals surface area contributed by atoms with Crippen LogP contribution in [0, 0.1) is 5.92 Å². The molecular weight excluding hydrogens is 476 g/mol. The lowest BCUT2D eigenvalue weighted by Gasteiger charge is -2.17. The average molecular weight is 499 g/mol. The van der Waals surface area contributed by atoms with Gasteiger partial charge in [-0.15, -0.1) is 11.3 Å². The zero-order chi connectivity index (χ0) is 23.7. The zero-order valence-corrected chi connectivity index (χ0v) is 20.0. The van der Waals surface area contributed by atoms with E-state index in [-0.39, 0.29) is 23.6 Å². The second-order valence-corrected chi connectivity index (χ2v) is 10.2. The van der Waals surface area contributed by atoms with Crippen molar-refractivity contribution in [2.45, 2.75) is 37.9 Å². The number of hydrazine groups is 1. The van der Waals surface area contributed by atoms with Crippen LogP contribution in [0.3, 0.4) is 0 Å². The van der Waals surface area contributed by atoms with E-state index in [2.05, 4.69) is 17.8 Å². The van der Waals surface area contributed by atoms with Crippen molar-refractivity contribution >= 4 is 45.1 Å². The number of fused-ring (bicyclic) bond motifs is 3. The van der Waals surface area contributed by atoms with Gasteiger partial charge in [-0.1, -0.05) is 18.7 Å². The number of nitrogens with zero attached hydrogens (tertiary/aromatic N) is 2. The fourth-order valence-corrected chi connectivity index (χ4v) is 6.20. The van der Waals surface area contributed by atoms with Gasteiger partial charge in [0.2, 0.25) is 5.91 Å². The highest BCUT2D eigenvalue weighted by Crippen LogP contribution is 2.36. The molecule has 1 unspecified atom stereocenters. The van der Waals surface area contributed by atoms with Crippen LogP contribution in [0.25, 0.3) is 10.2 Å². The predicted octanol–water partition coefficient (Wildman–Crippen LogP) is 3.37. The smallest absolute Gasteiger partial charge is 0.305 e. The van der Waals surface area contributed by atoms with E-state index < -0.39 is 11.8 Å². The number of furan rings is 2. The molecule has 4 aromatic heterocycles. The molecule has 0 bridgehead atoms. The molecule has 4 heterocycles. The normalized spacial score (nSPS) is 15.3. The Morgan fingerprint density at radius 3 is 2.82 bits per heavy atom. The Labute approximate surface area is 202 Å². The molecule has 2 N–H and O–H groups in total. The van der Waals surface area contributed by atoms with Gasteiger partial charge in [0.1, 0.15) is 10.6 Å². The molecular formula is C23H22N4O5S2. The van der Waals surface area contributed by atoms with Gasteiger partial charge < -0.3 is 8.83 Å². The van der Waals surface area contributed by atoms with Gasteiger partial charge in [-0.05, 0) is 55.0 Å². The molecule has 0 radical (unpaired) electrons. The average Bonchev–Trinajstić information content (AvgIpc) is 3.58. The predicted molar refractivity (Wildman–Crippen MR) is 128 cm³/mol. The van der Waals surface area contributed by atoms with Crippen molar-refractivity contribution in [1.82, 2.24) is 20.4 Å². The van der Waals surface area contributed by atoms with E-state index in [0.29, 0.717) is 27.1 Å². The SMILES string of the molecule is CC1CCc2c(sc3nc(SCC(=O)NNC(=O)c4ccco4)n(Cc4ccco4)c(=O)c23)C1. The van der Waals surface area contributed by atoms with Crippen LogP contribution < -0.4 is 16.4 Å². The molecule has 0 spiro atoms. The molecule has 0 aliphatic heterocycles. The molecule has 0 saturated heterocycles. The Kier molecular flexibility index (Phi) is 6.29. The first-order valence-electron chi connectivity index (χ1n) is 10.8. The maximum absolute atomic E-state index is 13.6. The molecule has 176 valence electrons. The summed E-state index contributed by atoms with van der Waals surface area (Å²) in [5.41, 5.74) is 5.64. The second-order valence-electron chi connectivity index (χ2n) is 8.17. The molecule has 4 aromatic rings. The number of aryl methyl sites for hydroxylation is 1. The first kappa shape index (κ1) is 22.5. The van der Waals surface area contributed by atoms with Crippen LogP contribution in [0.1, 0.15) is 40.1 Å². The maximum Gasteiger partial charge on any atom is 0.305 e. The highest BCUT2D eigenvalue weighted by atomic mass is 32.2. The van der Waals surface area contributed by atoms with Crippen LogP contribution in [0.5, 0.6) is 0 Å². The van der Waals surface area contributed by atoms with Crippen molar-refractivity contribution in [2.24, 2.45) is 5.92 Å². The number of hydrogen-bond acceptors (Lipinski definition) is 8. The number of thioether (sulfide) groups is 1. The molecule has 1 aliphatic carbocycles. The third kappa shape index (κ3) is 4.53. The Balaban J connectivity index is 1.39. The number of nitrogens with one attached hydrogen (secondary N) is 2. The summed E-state index contributed by atoms with van der Waals surface area (Å²) in [7, 11) is 0. The quantitative estimate of drug-likeness (QED) is 0.238. The molecule has 2 amide bonds. The third-order valence-electron chi connectivity index (χ3n) is 5.67. The van der Waals surface area contributed by atoms with Crippen LogP contribution >= 0.6 is 23.1 Å². The number of rotatable bonds is 6. The summed E-state index contributed by atoms with van der Waals surface area (Å²) in [4.78, 5) is 44.6.